The molecular weight excluding hydrogens is 420 g/mol. The van der Waals surface area contributed by atoms with E-state index in [1.165, 1.54) is 10.4 Å². The van der Waals surface area contributed by atoms with E-state index in [-0.39, 0.29) is 0 Å². The van der Waals surface area contributed by atoms with Crippen molar-refractivity contribution < 1.29 is 0 Å². The predicted molar refractivity (Wildman–Crippen MR) is 111 cm³/mol. The van der Waals surface area contributed by atoms with Gasteiger partial charge in [0.15, 0.2) is 5.82 Å². The normalized spacial score (nSPS) is 18.6. The van der Waals surface area contributed by atoms with Gasteiger partial charge in [0.1, 0.15) is 5.82 Å². The van der Waals surface area contributed by atoms with Crippen LogP contribution in [0.25, 0.3) is 17.1 Å². The van der Waals surface area contributed by atoms with Gasteiger partial charge in [-0.05, 0) is 66.8 Å². The molecule has 1 aliphatic carbocycles. The first-order valence-electron chi connectivity index (χ1n) is 8.88. The molecule has 0 spiro atoms. The van der Waals surface area contributed by atoms with Crippen molar-refractivity contribution >= 4 is 27.3 Å². The van der Waals surface area contributed by atoms with Gasteiger partial charge in [0.2, 0.25) is 0 Å². The average Bonchev–Trinajstić information content (AvgIpc) is 3.15. The summed E-state index contributed by atoms with van der Waals surface area (Å²) in [6.45, 7) is 2.20. The fourth-order valence-corrected chi connectivity index (χ4v) is 4.86. The van der Waals surface area contributed by atoms with Gasteiger partial charge < -0.3 is 0 Å². The van der Waals surface area contributed by atoms with Crippen molar-refractivity contribution in [1.29, 1.82) is 0 Å². The van der Waals surface area contributed by atoms with Gasteiger partial charge >= 0.3 is 0 Å². The summed E-state index contributed by atoms with van der Waals surface area (Å²) in [5.41, 5.74) is 3.36. The van der Waals surface area contributed by atoms with E-state index in [1.54, 1.807) is 6.20 Å². The van der Waals surface area contributed by atoms with Gasteiger partial charge in [0.05, 0.1) is 5.69 Å². The molecule has 3 aromatic heterocycles. The lowest BCUT2D eigenvalue weighted by atomic mass is 10.2. The minimum absolute atomic E-state index is 0.406. The Morgan fingerprint density at radius 2 is 1.96 bits per heavy atom. The second-order valence-electron chi connectivity index (χ2n) is 6.84. The standard InChI is InChI=1S/C21H17BrN4S/c1-13-8-10-27-19(13)17-11-18(17)21-24-20(14-3-2-9-23-12-14)25-26(21)16-6-4-15(22)5-7-16/h2-10,12,17-18H,11H2,1H3/t17-,18-/m1/s1. The van der Waals surface area contributed by atoms with Crippen LogP contribution >= 0.6 is 27.3 Å². The zero-order valence-electron chi connectivity index (χ0n) is 14.7. The zero-order valence-corrected chi connectivity index (χ0v) is 17.1. The summed E-state index contributed by atoms with van der Waals surface area (Å²) in [6.07, 6.45) is 4.72. The minimum Gasteiger partial charge on any atom is -0.264 e. The number of hydrogen-bond donors (Lipinski definition) is 0. The van der Waals surface area contributed by atoms with Crippen LogP contribution in [0.3, 0.4) is 0 Å². The third kappa shape index (κ3) is 3.13. The largest absolute Gasteiger partial charge is 0.264 e. The van der Waals surface area contributed by atoms with E-state index in [1.807, 2.05) is 46.5 Å². The Bertz CT molecular complexity index is 1090. The van der Waals surface area contributed by atoms with E-state index < -0.39 is 0 Å². The SMILES string of the molecule is Cc1ccsc1[C@@H]1C[C@H]1c1nc(-c2cccnc2)nn1-c1ccc(Br)cc1. The molecule has 27 heavy (non-hydrogen) atoms. The molecule has 1 saturated carbocycles. The molecule has 1 aromatic carbocycles. The number of pyridine rings is 1. The topological polar surface area (TPSA) is 43.6 Å². The molecule has 0 bridgehead atoms. The fraction of sp³-hybridized carbons (Fsp3) is 0.190. The molecule has 2 atom stereocenters. The van der Waals surface area contributed by atoms with Crippen molar-refractivity contribution in [2.24, 2.45) is 0 Å². The van der Waals surface area contributed by atoms with Crippen LogP contribution in [-0.2, 0) is 0 Å². The Morgan fingerprint density at radius 3 is 2.67 bits per heavy atom. The smallest absolute Gasteiger partial charge is 0.183 e. The van der Waals surface area contributed by atoms with E-state index in [4.69, 9.17) is 10.1 Å². The first-order chi connectivity index (χ1) is 13.2. The average molecular weight is 437 g/mol. The molecule has 0 saturated heterocycles. The molecule has 5 rings (SSSR count). The lowest BCUT2D eigenvalue weighted by molar-refractivity contribution is 0.785. The number of rotatable bonds is 4. The summed E-state index contributed by atoms with van der Waals surface area (Å²) in [5, 5.41) is 7.01. The Kier molecular flexibility index (Phi) is 4.17. The Balaban J connectivity index is 1.58. The maximum absolute atomic E-state index is 4.94. The van der Waals surface area contributed by atoms with Crippen LogP contribution < -0.4 is 0 Å². The first kappa shape index (κ1) is 16.8. The highest BCUT2D eigenvalue weighted by Gasteiger charge is 2.44. The van der Waals surface area contributed by atoms with E-state index in [2.05, 4.69) is 51.4 Å². The number of hydrogen-bond acceptors (Lipinski definition) is 4. The Morgan fingerprint density at radius 1 is 1.11 bits per heavy atom. The lowest BCUT2D eigenvalue weighted by Gasteiger charge is -2.06. The predicted octanol–water partition coefficient (Wildman–Crippen LogP) is 5.73. The summed E-state index contributed by atoms with van der Waals surface area (Å²) in [5.74, 6) is 2.72. The Labute approximate surface area is 170 Å². The summed E-state index contributed by atoms with van der Waals surface area (Å²) in [7, 11) is 0. The first-order valence-corrected chi connectivity index (χ1v) is 10.6. The summed E-state index contributed by atoms with van der Waals surface area (Å²) in [6, 6.07) is 14.4. The van der Waals surface area contributed by atoms with Crippen molar-refractivity contribution in [3.05, 3.63) is 81.0 Å². The second-order valence-corrected chi connectivity index (χ2v) is 8.70. The van der Waals surface area contributed by atoms with Gasteiger partial charge in [-0.25, -0.2) is 9.67 Å². The number of halogens is 1. The van der Waals surface area contributed by atoms with Crippen LogP contribution in [-0.4, -0.2) is 19.7 Å². The number of nitrogens with zero attached hydrogens (tertiary/aromatic N) is 4. The number of benzene rings is 1. The quantitative estimate of drug-likeness (QED) is 0.409. The highest BCUT2D eigenvalue weighted by atomic mass is 79.9. The maximum atomic E-state index is 4.94. The molecule has 0 radical (unpaired) electrons. The van der Waals surface area contributed by atoms with Gasteiger partial charge in [-0.15, -0.1) is 16.4 Å². The maximum Gasteiger partial charge on any atom is 0.183 e. The molecular formula is C21H17BrN4S. The molecule has 3 heterocycles. The van der Waals surface area contributed by atoms with Gasteiger partial charge in [0, 0.05) is 39.1 Å². The second kappa shape index (κ2) is 6.69. The molecule has 4 aromatic rings. The van der Waals surface area contributed by atoms with Gasteiger partial charge in [0.25, 0.3) is 0 Å². The van der Waals surface area contributed by atoms with Crippen molar-refractivity contribution in [3.8, 4) is 17.1 Å². The van der Waals surface area contributed by atoms with Gasteiger partial charge in [-0.2, -0.15) is 0 Å². The lowest BCUT2D eigenvalue weighted by Crippen LogP contribution is -2.02. The highest BCUT2D eigenvalue weighted by Crippen LogP contribution is 2.56. The zero-order chi connectivity index (χ0) is 18.4. The number of aryl methyl sites for hydroxylation is 1. The van der Waals surface area contributed by atoms with Gasteiger partial charge in [-0.3, -0.25) is 4.98 Å². The molecule has 4 nitrogen and oxygen atoms in total. The molecule has 1 aliphatic rings. The fourth-order valence-electron chi connectivity index (χ4n) is 3.49. The molecule has 134 valence electrons. The van der Waals surface area contributed by atoms with Crippen LogP contribution in [0.4, 0.5) is 0 Å². The van der Waals surface area contributed by atoms with E-state index in [0.29, 0.717) is 11.8 Å². The monoisotopic (exact) mass is 436 g/mol. The number of thiophene rings is 1. The van der Waals surface area contributed by atoms with Crippen molar-refractivity contribution in [2.75, 3.05) is 0 Å². The molecule has 0 unspecified atom stereocenters. The Hall–Kier alpha value is -2.31. The van der Waals surface area contributed by atoms with E-state index in [9.17, 15) is 0 Å². The third-order valence-corrected chi connectivity index (χ3v) is 6.66. The van der Waals surface area contributed by atoms with Crippen molar-refractivity contribution in [1.82, 2.24) is 19.7 Å². The van der Waals surface area contributed by atoms with Crippen LogP contribution in [0.2, 0.25) is 0 Å². The summed E-state index contributed by atoms with van der Waals surface area (Å²) in [4.78, 5) is 10.6. The van der Waals surface area contributed by atoms with Crippen LogP contribution in [0.1, 0.15) is 34.5 Å². The van der Waals surface area contributed by atoms with Crippen molar-refractivity contribution in [3.63, 3.8) is 0 Å². The van der Waals surface area contributed by atoms with Crippen LogP contribution in [0.15, 0.2) is 64.7 Å². The molecule has 0 N–H and O–H groups in total. The highest BCUT2D eigenvalue weighted by molar-refractivity contribution is 9.10. The summed E-state index contributed by atoms with van der Waals surface area (Å²) >= 11 is 5.36. The molecule has 1 fully saturated rings. The van der Waals surface area contributed by atoms with Gasteiger partial charge in [-0.1, -0.05) is 15.9 Å². The van der Waals surface area contributed by atoms with Crippen molar-refractivity contribution in [2.45, 2.75) is 25.2 Å². The number of aromatic nitrogens is 4. The van der Waals surface area contributed by atoms with E-state index in [0.717, 1.165) is 33.8 Å². The third-order valence-electron chi connectivity index (χ3n) is 4.98. The molecule has 0 amide bonds. The summed E-state index contributed by atoms with van der Waals surface area (Å²) < 4.78 is 3.06. The van der Waals surface area contributed by atoms with Crippen LogP contribution in [0, 0.1) is 6.92 Å². The molecule has 6 heteroatoms. The molecule has 0 aliphatic heterocycles. The van der Waals surface area contributed by atoms with Crippen LogP contribution in [0.5, 0.6) is 0 Å². The minimum atomic E-state index is 0.406. The van der Waals surface area contributed by atoms with E-state index >= 15 is 0 Å².